The second kappa shape index (κ2) is 6.04. The maximum absolute atomic E-state index is 12.4. The molecule has 126 valence electrons. The molecule has 0 saturated carbocycles. The van der Waals surface area contributed by atoms with Crippen LogP contribution in [0, 0.1) is 0 Å². The maximum atomic E-state index is 12.4. The zero-order valence-corrected chi connectivity index (χ0v) is 14.4. The summed E-state index contributed by atoms with van der Waals surface area (Å²) >= 11 is 0. The fourth-order valence-electron chi connectivity index (χ4n) is 2.68. The number of hydrogen-bond donors (Lipinski definition) is 0. The number of fused-ring (bicyclic) bond motifs is 1. The quantitative estimate of drug-likeness (QED) is 0.791. The second-order valence-corrected chi connectivity index (χ2v) is 7.79. The van der Waals surface area contributed by atoms with E-state index in [0.717, 1.165) is 17.7 Å². The van der Waals surface area contributed by atoms with Gasteiger partial charge in [0.05, 0.1) is 18.0 Å². The van der Waals surface area contributed by atoms with Crippen LogP contribution >= 0.6 is 0 Å². The minimum absolute atomic E-state index is 0.181. The lowest BCUT2D eigenvalue weighted by Crippen LogP contribution is -2.28. The van der Waals surface area contributed by atoms with E-state index in [1.54, 1.807) is 4.68 Å². The normalized spacial score (nSPS) is 15.3. The Morgan fingerprint density at radius 3 is 2.70 bits per heavy atom. The molecule has 2 aromatic heterocycles. The van der Waals surface area contributed by atoms with Crippen LogP contribution < -0.4 is 0 Å². The molecule has 1 aliphatic rings. The smallest absolute Gasteiger partial charge is 0.278 e. The number of rotatable bonds is 6. The summed E-state index contributed by atoms with van der Waals surface area (Å²) in [4.78, 5) is 4.31. The van der Waals surface area contributed by atoms with E-state index < -0.39 is 10.0 Å². The molecule has 2 aromatic rings. The van der Waals surface area contributed by atoms with Crippen molar-refractivity contribution in [2.75, 3.05) is 5.75 Å². The van der Waals surface area contributed by atoms with Gasteiger partial charge in [0.25, 0.3) is 5.89 Å². The Kier molecular flexibility index (Phi) is 4.24. The fourth-order valence-corrected chi connectivity index (χ4v) is 4.24. The Balaban J connectivity index is 1.90. The number of sulfonamides is 1. The molecule has 0 atom stereocenters. The minimum Gasteiger partial charge on any atom is -0.332 e. The molecule has 3 rings (SSSR count). The van der Waals surface area contributed by atoms with Crippen LogP contribution in [0.15, 0.2) is 4.52 Å². The predicted molar refractivity (Wildman–Crippen MR) is 83.8 cm³/mol. The van der Waals surface area contributed by atoms with Gasteiger partial charge in [0.2, 0.25) is 10.0 Å². The third-order valence-electron chi connectivity index (χ3n) is 4.07. The first-order valence-corrected chi connectivity index (χ1v) is 9.42. The monoisotopic (exact) mass is 339 g/mol. The van der Waals surface area contributed by atoms with E-state index in [1.165, 1.54) is 4.31 Å². The summed E-state index contributed by atoms with van der Waals surface area (Å²) in [7, 11) is -1.44. The Morgan fingerprint density at radius 1 is 1.26 bits per heavy atom. The van der Waals surface area contributed by atoms with Crippen molar-refractivity contribution < 1.29 is 12.9 Å². The topological polar surface area (TPSA) is 94.1 Å². The fraction of sp³-hybridized carbons (Fsp3) is 0.643. The molecule has 0 bridgehead atoms. The molecule has 0 unspecified atom stereocenters. The summed E-state index contributed by atoms with van der Waals surface area (Å²) in [5.74, 6) is 1.15. The van der Waals surface area contributed by atoms with Crippen molar-refractivity contribution in [1.29, 1.82) is 0 Å². The second-order valence-electron chi connectivity index (χ2n) is 5.70. The summed E-state index contributed by atoms with van der Waals surface area (Å²) in [5, 5.41) is 8.31. The molecular formula is C14H21N5O3S. The van der Waals surface area contributed by atoms with E-state index in [1.807, 2.05) is 20.9 Å². The van der Waals surface area contributed by atoms with Crippen molar-refractivity contribution >= 4 is 10.0 Å². The minimum atomic E-state index is -3.25. The first-order valence-electron chi connectivity index (χ1n) is 7.81. The van der Waals surface area contributed by atoms with E-state index in [2.05, 4.69) is 15.2 Å². The zero-order chi connectivity index (χ0) is 16.6. The van der Waals surface area contributed by atoms with Crippen molar-refractivity contribution in [3.63, 3.8) is 0 Å². The van der Waals surface area contributed by atoms with Gasteiger partial charge in [-0.3, -0.25) is 4.68 Å². The zero-order valence-electron chi connectivity index (χ0n) is 13.6. The van der Waals surface area contributed by atoms with Gasteiger partial charge < -0.3 is 4.52 Å². The Hall–Kier alpha value is -1.74. The largest absolute Gasteiger partial charge is 0.332 e. The first kappa shape index (κ1) is 16.1. The van der Waals surface area contributed by atoms with E-state index in [0.29, 0.717) is 43.3 Å². The van der Waals surface area contributed by atoms with Gasteiger partial charge in [-0.2, -0.15) is 14.4 Å². The van der Waals surface area contributed by atoms with Gasteiger partial charge in [-0.15, -0.1) is 0 Å². The van der Waals surface area contributed by atoms with Gasteiger partial charge in [0, 0.05) is 25.6 Å². The molecule has 8 nitrogen and oxygen atoms in total. The molecule has 0 aromatic carbocycles. The Morgan fingerprint density at radius 2 is 2.04 bits per heavy atom. The first-order chi connectivity index (χ1) is 11.0. The molecule has 0 radical (unpaired) electrons. The standard InChI is InChI=1S/C14H21N5O3S/c1-4-6-7-23(20,21)19-8-10-11(9-19)18(3)16-13(10)14-15-12(5-2)17-22-14/h4-9H2,1-3H3. The third-order valence-corrected chi connectivity index (χ3v) is 5.92. The average Bonchev–Trinajstić information content (AvgIpc) is 3.21. The van der Waals surface area contributed by atoms with Gasteiger partial charge in [-0.05, 0) is 6.42 Å². The molecule has 0 saturated heterocycles. The van der Waals surface area contributed by atoms with Crippen LogP contribution in [-0.2, 0) is 36.6 Å². The summed E-state index contributed by atoms with van der Waals surface area (Å²) < 4.78 is 33.3. The lowest BCUT2D eigenvalue weighted by molar-refractivity contribution is 0.412. The number of nitrogens with zero attached hydrogens (tertiary/aromatic N) is 5. The summed E-state index contributed by atoms with van der Waals surface area (Å²) in [5.41, 5.74) is 2.33. The molecule has 0 aliphatic carbocycles. The van der Waals surface area contributed by atoms with E-state index in [9.17, 15) is 8.42 Å². The van der Waals surface area contributed by atoms with E-state index >= 15 is 0 Å². The van der Waals surface area contributed by atoms with Crippen molar-refractivity contribution in [2.45, 2.75) is 46.2 Å². The SMILES string of the molecule is CCCCS(=O)(=O)N1Cc2c(-c3nc(CC)no3)nn(C)c2C1. The highest BCUT2D eigenvalue weighted by molar-refractivity contribution is 7.89. The molecule has 0 amide bonds. The number of aromatic nitrogens is 4. The number of aryl methyl sites for hydroxylation is 2. The van der Waals surface area contributed by atoms with Gasteiger partial charge in [-0.25, -0.2) is 8.42 Å². The van der Waals surface area contributed by atoms with Crippen LogP contribution in [0.1, 0.15) is 43.8 Å². The lowest BCUT2D eigenvalue weighted by Gasteiger charge is -2.15. The molecule has 23 heavy (non-hydrogen) atoms. The number of hydrogen-bond acceptors (Lipinski definition) is 6. The Bertz CT molecular complexity index is 808. The molecule has 0 fully saturated rings. The average molecular weight is 339 g/mol. The molecular weight excluding hydrogens is 318 g/mol. The van der Waals surface area contributed by atoms with Crippen molar-refractivity contribution in [1.82, 2.24) is 24.2 Å². The Labute approximate surface area is 135 Å². The van der Waals surface area contributed by atoms with Gasteiger partial charge in [0.1, 0.15) is 0 Å². The molecule has 3 heterocycles. The highest BCUT2D eigenvalue weighted by Gasteiger charge is 2.35. The highest BCUT2D eigenvalue weighted by Crippen LogP contribution is 2.32. The van der Waals surface area contributed by atoms with Crippen LogP contribution in [-0.4, -0.2) is 38.4 Å². The van der Waals surface area contributed by atoms with Crippen molar-refractivity contribution in [3.8, 4) is 11.6 Å². The summed E-state index contributed by atoms with van der Waals surface area (Å²) in [6.45, 7) is 4.59. The molecule has 0 spiro atoms. The van der Waals surface area contributed by atoms with Crippen LogP contribution in [0.3, 0.4) is 0 Å². The third kappa shape index (κ3) is 2.90. The number of unbranched alkanes of at least 4 members (excludes halogenated alkanes) is 1. The maximum Gasteiger partial charge on any atom is 0.278 e. The highest BCUT2D eigenvalue weighted by atomic mass is 32.2. The molecule has 9 heteroatoms. The van der Waals surface area contributed by atoms with Crippen LogP contribution in [0.4, 0.5) is 0 Å². The van der Waals surface area contributed by atoms with Crippen LogP contribution in [0.2, 0.25) is 0 Å². The van der Waals surface area contributed by atoms with Crippen LogP contribution in [0.25, 0.3) is 11.6 Å². The van der Waals surface area contributed by atoms with E-state index in [4.69, 9.17) is 4.52 Å². The van der Waals surface area contributed by atoms with Gasteiger partial charge >= 0.3 is 0 Å². The predicted octanol–water partition coefficient (Wildman–Crippen LogP) is 1.48. The van der Waals surface area contributed by atoms with Crippen molar-refractivity contribution in [2.24, 2.45) is 7.05 Å². The van der Waals surface area contributed by atoms with Gasteiger partial charge in [0.15, 0.2) is 11.5 Å². The van der Waals surface area contributed by atoms with Crippen molar-refractivity contribution in [3.05, 3.63) is 17.1 Å². The van der Waals surface area contributed by atoms with Crippen LogP contribution in [0.5, 0.6) is 0 Å². The molecule has 0 N–H and O–H groups in total. The van der Waals surface area contributed by atoms with Gasteiger partial charge in [-0.1, -0.05) is 25.4 Å². The molecule has 1 aliphatic heterocycles. The summed E-state index contributed by atoms with van der Waals surface area (Å²) in [6, 6.07) is 0. The lowest BCUT2D eigenvalue weighted by atomic mass is 10.2. The summed E-state index contributed by atoms with van der Waals surface area (Å²) in [6.07, 6.45) is 2.20. The van der Waals surface area contributed by atoms with E-state index in [-0.39, 0.29) is 5.75 Å².